The minimum Gasteiger partial charge on any atom is -0.494 e. The maximum atomic E-state index is 12.6. The summed E-state index contributed by atoms with van der Waals surface area (Å²) >= 11 is 5.97. The van der Waals surface area contributed by atoms with E-state index in [2.05, 4.69) is 5.32 Å². The van der Waals surface area contributed by atoms with Crippen molar-refractivity contribution in [2.75, 3.05) is 23.4 Å². The van der Waals surface area contributed by atoms with E-state index >= 15 is 0 Å². The molecule has 0 aliphatic carbocycles. The van der Waals surface area contributed by atoms with Crippen LogP contribution in [0.25, 0.3) is 0 Å². The summed E-state index contributed by atoms with van der Waals surface area (Å²) in [6.45, 7) is 2.88. The average Bonchev–Trinajstić information content (AvgIpc) is 2.78. The molecule has 3 aromatic rings. The van der Waals surface area contributed by atoms with Crippen LogP contribution in [0.1, 0.15) is 18.1 Å². The van der Waals surface area contributed by atoms with Crippen molar-refractivity contribution in [2.24, 2.45) is 0 Å². The number of hydrogen-bond donors (Lipinski definition) is 1. The van der Waals surface area contributed by atoms with Gasteiger partial charge in [0.1, 0.15) is 11.5 Å². The van der Waals surface area contributed by atoms with Crippen molar-refractivity contribution >= 4 is 34.8 Å². The zero-order chi connectivity index (χ0) is 22.5. The van der Waals surface area contributed by atoms with Crippen LogP contribution in [0.15, 0.2) is 66.7 Å². The Labute approximate surface area is 191 Å². The lowest BCUT2D eigenvalue weighted by Crippen LogP contribution is -2.38. The number of carbonyl (C=O) groups excluding carboxylic acids is 2. The van der Waals surface area contributed by atoms with Gasteiger partial charge in [-0.2, -0.15) is 0 Å². The van der Waals surface area contributed by atoms with Crippen molar-refractivity contribution in [2.45, 2.75) is 19.9 Å². The van der Waals surface area contributed by atoms with E-state index < -0.39 is 0 Å². The third-order valence-electron chi connectivity index (χ3n) is 5.04. The Hall–Kier alpha value is -3.51. The van der Waals surface area contributed by atoms with Gasteiger partial charge < -0.3 is 19.7 Å². The van der Waals surface area contributed by atoms with E-state index in [4.69, 9.17) is 21.1 Å². The quantitative estimate of drug-likeness (QED) is 0.559. The highest BCUT2D eigenvalue weighted by Crippen LogP contribution is 2.35. The fourth-order valence-corrected chi connectivity index (χ4v) is 3.61. The van der Waals surface area contributed by atoms with E-state index in [-0.39, 0.29) is 24.8 Å². The van der Waals surface area contributed by atoms with Gasteiger partial charge in [0, 0.05) is 10.7 Å². The number of ether oxygens (including phenoxy) is 2. The molecule has 6 nitrogen and oxygen atoms in total. The number of amides is 2. The molecule has 0 bridgehead atoms. The van der Waals surface area contributed by atoms with Crippen LogP contribution in [-0.4, -0.2) is 25.0 Å². The molecule has 0 radical (unpaired) electrons. The summed E-state index contributed by atoms with van der Waals surface area (Å²) in [4.78, 5) is 26.8. The van der Waals surface area contributed by atoms with Crippen molar-refractivity contribution in [3.8, 4) is 11.5 Å². The number of carbonyl (C=O) groups is 2. The number of rotatable bonds is 7. The molecule has 1 N–H and O–H groups in total. The fraction of sp³-hybridized carbons (Fsp3) is 0.200. The maximum absolute atomic E-state index is 12.6. The lowest BCUT2D eigenvalue weighted by molar-refractivity contribution is -0.121. The number of nitrogens with one attached hydrogen (secondary N) is 1. The third-order valence-corrected chi connectivity index (χ3v) is 5.29. The van der Waals surface area contributed by atoms with Gasteiger partial charge in [-0.15, -0.1) is 0 Å². The van der Waals surface area contributed by atoms with Crippen molar-refractivity contribution in [1.29, 1.82) is 0 Å². The summed E-state index contributed by atoms with van der Waals surface area (Å²) in [5.41, 5.74) is 3.04. The van der Waals surface area contributed by atoms with Crippen LogP contribution in [0.2, 0.25) is 5.02 Å². The standard InChI is InChI=1S/C25H23ClN2O4/c1-2-31-21-10-5-17(6-11-21)13-24(29)27-20-9-12-23-22(14-20)28(25(30)16-32-23)15-18-3-7-19(26)8-4-18/h3-12,14H,2,13,15-16H2,1H3,(H,27,29). The molecule has 0 fully saturated rings. The van der Waals surface area contributed by atoms with Gasteiger partial charge in [0.15, 0.2) is 6.61 Å². The minimum atomic E-state index is -0.151. The molecule has 7 heteroatoms. The first-order chi connectivity index (χ1) is 15.5. The van der Waals surface area contributed by atoms with Crippen LogP contribution in [-0.2, 0) is 22.6 Å². The Kier molecular flexibility index (Phi) is 6.61. The third kappa shape index (κ3) is 5.21. The normalized spacial score (nSPS) is 12.7. The Morgan fingerprint density at radius 2 is 1.78 bits per heavy atom. The van der Waals surface area contributed by atoms with Crippen molar-refractivity contribution < 1.29 is 19.1 Å². The molecule has 0 atom stereocenters. The zero-order valence-electron chi connectivity index (χ0n) is 17.6. The highest BCUT2D eigenvalue weighted by molar-refractivity contribution is 6.30. The predicted octanol–water partition coefficient (Wildman–Crippen LogP) is 4.85. The summed E-state index contributed by atoms with van der Waals surface area (Å²) in [5.74, 6) is 1.08. The van der Waals surface area contributed by atoms with Gasteiger partial charge in [-0.1, -0.05) is 35.9 Å². The molecule has 4 rings (SSSR count). The molecule has 1 aliphatic heterocycles. The molecule has 0 spiro atoms. The molecule has 164 valence electrons. The molecule has 2 amide bonds. The van der Waals surface area contributed by atoms with Crippen LogP contribution >= 0.6 is 11.6 Å². The van der Waals surface area contributed by atoms with Crippen LogP contribution in [0.4, 0.5) is 11.4 Å². The van der Waals surface area contributed by atoms with Crippen LogP contribution in [0, 0.1) is 0 Å². The molecule has 0 aromatic heterocycles. The van der Waals surface area contributed by atoms with E-state index in [1.165, 1.54) is 0 Å². The van der Waals surface area contributed by atoms with Crippen LogP contribution < -0.4 is 19.7 Å². The lowest BCUT2D eigenvalue weighted by atomic mass is 10.1. The highest BCUT2D eigenvalue weighted by Gasteiger charge is 2.26. The maximum Gasteiger partial charge on any atom is 0.265 e. The second-order valence-corrected chi connectivity index (χ2v) is 7.82. The summed E-state index contributed by atoms with van der Waals surface area (Å²) < 4.78 is 11.0. The zero-order valence-corrected chi connectivity index (χ0v) is 18.4. The molecular formula is C25H23ClN2O4. The predicted molar refractivity (Wildman–Crippen MR) is 125 cm³/mol. The van der Waals surface area contributed by atoms with Gasteiger partial charge in [-0.25, -0.2) is 0 Å². The lowest BCUT2D eigenvalue weighted by Gasteiger charge is -2.30. The fourth-order valence-electron chi connectivity index (χ4n) is 3.49. The Morgan fingerprint density at radius 3 is 2.50 bits per heavy atom. The molecular weight excluding hydrogens is 428 g/mol. The summed E-state index contributed by atoms with van der Waals surface area (Å²) in [7, 11) is 0. The van der Waals surface area contributed by atoms with Gasteiger partial charge >= 0.3 is 0 Å². The second-order valence-electron chi connectivity index (χ2n) is 7.38. The highest BCUT2D eigenvalue weighted by atomic mass is 35.5. The van der Waals surface area contributed by atoms with Gasteiger partial charge in [0.2, 0.25) is 5.91 Å². The molecule has 32 heavy (non-hydrogen) atoms. The Bertz CT molecular complexity index is 1110. The van der Waals surface area contributed by atoms with Crippen LogP contribution in [0.5, 0.6) is 11.5 Å². The molecule has 1 aliphatic rings. The van der Waals surface area contributed by atoms with Crippen molar-refractivity contribution in [3.63, 3.8) is 0 Å². The number of fused-ring (bicyclic) bond motifs is 1. The molecule has 0 unspecified atom stereocenters. The van der Waals surface area contributed by atoms with Crippen molar-refractivity contribution in [1.82, 2.24) is 0 Å². The number of benzene rings is 3. The van der Waals surface area contributed by atoms with E-state index in [1.54, 1.807) is 35.2 Å². The SMILES string of the molecule is CCOc1ccc(CC(=O)Nc2ccc3c(c2)N(Cc2ccc(Cl)cc2)C(=O)CO3)cc1. The summed E-state index contributed by atoms with van der Waals surface area (Å²) in [5, 5.41) is 3.54. The van der Waals surface area contributed by atoms with Gasteiger partial charge in [-0.05, 0) is 60.5 Å². The van der Waals surface area contributed by atoms with E-state index in [9.17, 15) is 9.59 Å². The number of halogens is 1. The minimum absolute atomic E-state index is 0.0238. The number of nitrogens with zero attached hydrogens (tertiary/aromatic N) is 1. The smallest absolute Gasteiger partial charge is 0.265 e. The Balaban J connectivity index is 1.47. The van der Waals surface area contributed by atoms with E-state index in [0.29, 0.717) is 35.3 Å². The van der Waals surface area contributed by atoms with Crippen molar-refractivity contribution in [3.05, 3.63) is 82.9 Å². The van der Waals surface area contributed by atoms with E-state index in [0.717, 1.165) is 16.9 Å². The number of anilines is 2. The summed E-state index contributed by atoms with van der Waals surface area (Å²) in [6.07, 6.45) is 0.230. The first-order valence-electron chi connectivity index (χ1n) is 10.3. The number of hydrogen-bond acceptors (Lipinski definition) is 4. The second kappa shape index (κ2) is 9.75. The van der Waals surface area contributed by atoms with E-state index in [1.807, 2.05) is 43.3 Å². The first-order valence-corrected chi connectivity index (χ1v) is 10.7. The van der Waals surface area contributed by atoms with Gasteiger partial charge in [0.25, 0.3) is 5.91 Å². The topological polar surface area (TPSA) is 67.9 Å². The molecule has 0 saturated heterocycles. The summed E-state index contributed by atoms with van der Waals surface area (Å²) in [6, 6.07) is 20.1. The molecule has 3 aromatic carbocycles. The molecule has 0 saturated carbocycles. The first kappa shape index (κ1) is 21.7. The van der Waals surface area contributed by atoms with Crippen LogP contribution in [0.3, 0.4) is 0 Å². The monoisotopic (exact) mass is 450 g/mol. The average molecular weight is 451 g/mol. The molecule has 1 heterocycles. The largest absolute Gasteiger partial charge is 0.494 e. The van der Waals surface area contributed by atoms with Gasteiger partial charge in [-0.3, -0.25) is 9.59 Å². The van der Waals surface area contributed by atoms with Gasteiger partial charge in [0.05, 0.1) is 25.3 Å². The Morgan fingerprint density at radius 1 is 1.06 bits per heavy atom.